The normalized spacial score (nSPS) is 12.4. The molecular formula is C36H38ClFN4O7S. The van der Waals surface area contributed by atoms with E-state index in [-0.39, 0.29) is 41.0 Å². The fraction of sp³-hybridized carbons (Fsp3) is 0.278. The first-order chi connectivity index (χ1) is 23.7. The highest BCUT2D eigenvalue weighted by Crippen LogP contribution is 2.36. The molecule has 0 aliphatic rings. The number of sulfonamides is 1. The number of benzene rings is 4. The summed E-state index contributed by atoms with van der Waals surface area (Å²) in [7, 11) is -3.41. The quantitative estimate of drug-likeness (QED) is 0.110. The molecular weight excluding hydrogens is 687 g/mol. The molecule has 0 heterocycles. The monoisotopic (exact) mass is 724 g/mol. The Bertz CT molecular complexity index is 1950. The number of aryl methyl sites for hydroxylation is 1. The maximum Gasteiger partial charge on any atom is 0.273 e. The van der Waals surface area contributed by atoms with Gasteiger partial charge in [-0.2, -0.15) is 0 Å². The SMILES string of the molecule is CC[C@@H](C)NC(=O)[C@H](Cc1ccccc1)N(Cc1ccc(F)cc1)C(=O)CN(c1cc(Cl)ccc1OC)S(=O)(=O)c1ccc(C)c([N+](=O)[O-])c1. The molecule has 2 atom stereocenters. The summed E-state index contributed by atoms with van der Waals surface area (Å²) in [6.07, 6.45) is 0.687. The van der Waals surface area contributed by atoms with Gasteiger partial charge in [0.25, 0.3) is 15.7 Å². The summed E-state index contributed by atoms with van der Waals surface area (Å²) in [4.78, 5) is 40.5. The Morgan fingerprint density at radius 3 is 2.30 bits per heavy atom. The van der Waals surface area contributed by atoms with Crippen molar-refractivity contribution in [3.8, 4) is 5.75 Å². The Kier molecular flexibility index (Phi) is 12.5. The summed E-state index contributed by atoms with van der Waals surface area (Å²) in [6.45, 7) is 4.16. The molecule has 0 aliphatic heterocycles. The molecule has 11 nitrogen and oxygen atoms in total. The first-order valence-electron chi connectivity index (χ1n) is 15.7. The molecule has 4 aromatic rings. The molecule has 0 spiro atoms. The number of anilines is 1. The van der Waals surface area contributed by atoms with Gasteiger partial charge >= 0.3 is 0 Å². The fourth-order valence-electron chi connectivity index (χ4n) is 5.23. The third-order valence-corrected chi connectivity index (χ3v) is 10.2. The van der Waals surface area contributed by atoms with E-state index in [0.29, 0.717) is 12.0 Å². The number of ether oxygens (including phenoxy) is 1. The summed E-state index contributed by atoms with van der Waals surface area (Å²) >= 11 is 6.32. The minimum absolute atomic E-state index is 0.0489. The second-order valence-corrected chi connectivity index (χ2v) is 14.0. The van der Waals surface area contributed by atoms with Gasteiger partial charge in [-0.1, -0.05) is 67.1 Å². The van der Waals surface area contributed by atoms with Gasteiger partial charge in [0, 0.05) is 35.7 Å². The van der Waals surface area contributed by atoms with E-state index in [0.717, 1.165) is 15.9 Å². The van der Waals surface area contributed by atoms with Crippen LogP contribution in [0.4, 0.5) is 15.8 Å². The molecule has 2 amide bonds. The van der Waals surface area contributed by atoms with E-state index in [1.165, 1.54) is 73.5 Å². The maximum absolute atomic E-state index is 14.7. The summed E-state index contributed by atoms with van der Waals surface area (Å²) in [6, 6.07) is 20.7. The Hall–Kier alpha value is -5.01. The zero-order chi connectivity index (χ0) is 36.6. The topological polar surface area (TPSA) is 139 Å². The molecule has 0 aromatic heterocycles. The van der Waals surface area contributed by atoms with E-state index in [9.17, 15) is 32.5 Å². The maximum atomic E-state index is 14.7. The van der Waals surface area contributed by atoms with Crippen LogP contribution in [0.2, 0.25) is 5.02 Å². The molecule has 0 saturated carbocycles. The number of carbonyl (C=O) groups is 2. The number of nitro groups is 1. The zero-order valence-electron chi connectivity index (χ0n) is 28.0. The van der Waals surface area contributed by atoms with Crippen LogP contribution >= 0.6 is 11.6 Å². The highest BCUT2D eigenvalue weighted by Gasteiger charge is 2.36. The molecule has 4 rings (SSSR count). The van der Waals surface area contributed by atoms with Crippen molar-refractivity contribution in [1.82, 2.24) is 10.2 Å². The van der Waals surface area contributed by atoms with Crippen LogP contribution in [0.15, 0.2) is 95.9 Å². The fourth-order valence-corrected chi connectivity index (χ4v) is 6.83. The van der Waals surface area contributed by atoms with Gasteiger partial charge in [0.1, 0.15) is 24.2 Å². The number of nitro benzene ring substituents is 1. The van der Waals surface area contributed by atoms with Gasteiger partial charge in [0.2, 0.25) is 11.8 Å². The summed E-state index contributed by atoms with van der Waals surface area (Å²) in [5.74, 6) is -1.71. The van der Waals surface area contributed by atoms with Crippen LogP contribution in [0.25, 0.3) is 0 Å². The van der Waals surface area contributed by atoms with E-state index in [4.69, 9.17) is 16.3 Å². The summed E-state index contributed by atoms with van der Waals surface area (Å²) in [5, 5.41) is 14.8. The van der Waals surface area contributed by atoms with E-state index in [2.05, 4.69) is 5.32 Å². The average molecular weight is 725 g/mol. The van der Waals surface area contributed by atoms with E-state index >= 15 is 0 Å². The molecule has 50 heavy (non-hydrogen) atoms. The minimum Gasteiger partial charge on any atom is -0.495 e. The lowest BCUT2D eigenvalue weighted by Gasteiger charge is -2.34. The lowest BCUT2D eigenvalue weighted by Crippen LogP contribution is -2.54. The lowest BCUT2D eigenvalue weighted by atomic mass is 10.0. The minimum atomic E-state index is -4.72. The molecule has 14 heteroatoms. The number of rotatable bonds is 15. The zero-order valence-corrected chi connectivity index (χ0v) is 29.6. The Morgan fingerprint density at radius 1 is 1.00 bits per heavy atom. The molecule has 4 aromatic carbocycles. The van der Waals surface area contributed by atoms with Gasteiger partial charge in [-0.05, 0) is 67.8 Å². The average Bonchev–Trinajstić information content (AvgIpc) is 3.09. The number of methoxy groups -OCH3 is 1. The van der Waals surface area contributed by atoms with Gasteiger partial charge in [0.15, 0.2) is 0 Å². The first-order valence-corrected chi connectivity index (χ1v) is 17.6. The van der Waals surface area contributed by atoms with Gasteiger partial charge in [-0.15, -0.1) is 0 Å². The molecule has 0 radical (unpaired) electrons. The standard InChI is InChI=1S/C36H38ClFN4O7S/c1-5-25(3)39-36(44)33(19-26-9-7-6-8-10-26)40(22-27-12-15-29(38)16-13-27)35(43)23-41(32-20-28(37)14-18-34(32)49-4)50(47,48)30-17-11-24(2)31(21-30)42(45)46/h6-18,20-21,25,33H,5,19,22-23H2,1-4H3,(H,39,44)/t25-,33+/m1/s1. The number of nitrogens with zero attached hydrogens (tertiary/aromatic N) is 3. The predicted molar refractivity (Wildman–Crippen MR) is 189 cm³/mol. The van der Waals surface area contributed by atoms with Crippen molar-refractivity contribution in [1.29, 1.82) is 0 Å². The van der Waals surface area contributed by atoms with Crippen molar-refractivity contribution in [3.05, 3.63) is 129 Å². The molecule has 0 bridgehead atoms. The largest absolute Gasteiger partial charge is 0.495 e. The van der Waals surface area contributed by atoms with Crippen LogP contribution < -0.4 is 14.4 Å². The van der Waals surface area contributed by atoms with Gasteiger partial charge in [-0.3, -0.25) is 24.0 Å². The molecule has 264 valence electrons. The highest BCUT2D eigenvalue weighted by molar-refractivity contribution is 7.92. The first kappa shape index (κ1) is 37.8. The molecule has 0 aliphatic carbocycles. The number of nitrogens with one attached hydrogen (secondary N) is 1. The third kappa shape index (κ3) is 9.16. The Labute approximate surface area is 295 Å². The molecule has 0 unspecified atom stereocenters. The number of hydrogen-bond donors (Lipinski definition) is 1. The summed E-state index contributed by atoms with van der Waals surface area (Å²) < 4.78 is 49.0. The van der Waals surface area contributed by atoms with Crippen molar-refractivity contribution >= 4 is 44.8 Å². The number of hydrogen-bond acceptors (Lipinski definition) is 7. The second-order valence-electron chi connectivity index (χ2n) is 11.7. The highest BCUT2D eigenvalue weighted by atomic mass is 35.5. The van der Waals surface area contributed by atoms with Crippen LogP contribution in [0.1, 0.15) is 37.0 Å². The molecule has 0 fully saturated rings. The van der Waals surface area contributed by atoms with Gasteiger partial charge in [0.05, 0.1) is 22.6 Å². The van der Waals surface area contributed by atoms with Crippen LogP contribution in [0, 0.1) is 22.9 Å². The van der Waals surface area contributed by atoms with Crippen LogP contribution in [0.5, 0.6) is 5.75 Å². The van der Waals surface area contributed by atoms with Crippen LogP contribution in [-0.2, 0) is 32.6 Å². The Balaban J connectivity index is 1.89. The lowest BCUT2D eigenvalue weighted by molar-refractivity contribution is -0.385. The summed E-state index contributed by atoms with van der Waals surface area (Å²) in [5.41, 5.74) is 0.915. The van der Waals surface area contributed by atoms with Crippen molar-refractivity contribution in [2.45, 2.75) is 57.1 Å². The van der Waals surface area contributed by atoms with Crippen molar-refractivity contribution < 1.29 is 32.1 Å². The van der Waals surface area contributed by atoms with Crippen LogP contribution in [0.3, 0.4) is 0 Å². The van der Waals surface area contributed by atoms with E-state index in [1.54, 1.807) is 12.1 Å². The van der Waals surface area contributed by atoms with Gasteiger partial charge < -0.3 is 15.0 Å². The number of amides is 2. The molecule has 0 saturated heterocycles. The second kappa shape index (κ2) is 16.6. The third-order valence-electron chi connectivity index (χ3n) is 8.19. The predicted octanol–water partition coefficient (Wildman–Crippen LogP) is 6.45. The smallest absolute Gasteiger partial charge is 0.273 e. The van der Waals surface area contributed by atoms with Gasteiger partial charge in [-0.25, -0.2) is 12.8 Å². The van der Waals surface area contributed by atoms with Crippen molar-refractivity contribution in [2.75, 3.05) is 18.0 Å². The van der Waals surface area contributed by atoms with Crippen molar-refractivity contribution in [3.63, 3.8) is 0 Å². The Morgan fingerprint density at radius 2 is 1.68 bits per heavy atom. The van der Waals surface area contributed by atoms with Crippen LogP contribution in [-0.4, -0.2) is 55.8 Å². The van der Waals surface area contributed by atoms with E-state index < -0.39 is 55.7 Å². The number of halogens is 2. The number of carbonyl (C=O) groups excluding carboxylic acids is 2. The molecule has 1 N–H and O–H groups in total. The van der Waals surface area contributed by atoms with E-state index in [1.807, 2.05) is 32.0 Å². The van der Waals surface area contributed by atoms with Crippen molar-refractivity contribution in [2.24, 2.45) is 0 Å².